The maximum Gasteiger partial charge on any atom is 0.226 e. The number of aromatic nitrogens is 4. The van der Waals surface area contributed by atoms with Crippen LogP contribution in [-0.4, -0.2) is 39.2 Å². The third kappa shape index (κ3) is 5.04. The minimum atomic E-state index is 0.490. The molecule has 3 aromatic heterocycles. The molecule has 6 rings (SSSR count). The number of nitrogens with zero attached hydrogens (tertiary/aromatic N) is 4. The van der Waals surface area contributed by atoms with Gasteiger partial charge in [0.05, 0.1) is 6.33 Å². The molecule has 7 nitrogen and oxygen atoms in total. The minimum Gasteiger partial charge on any atom is -0.364 e. The van der Waals surface area contributed by atoms with Crippen LogP contribution in [0.1, 0.15) is 50.1 Å². The molecule has 1 saturated carbocycles. The summed E-state index contributed by atoms with van der Waals surface area (Å²) in [6.07, 6.45) is 9.32. The number of fused-ring (bicyclic) bond motifs is 1. The first kappa shape index (κ1) is 22.5. The molecule has 3 N–H and O–H groups in total. The molecule has 0 unspecified atom stereocenters. The molecule has 4 aromatic rings. The van der Waals surface area contributed by atoms with Crippen molar-refractivity contribution in [3.63, 3.8) is 0 Å². The highest BCUT2D eigenvalue weighted by molar-refractivity contribution is 7.08. The van der Waals surface area contributed by atoms with E-state index < -0.39 is 0 Å². The quantitative estimate of drug-likeness (QED) is 0.296. The molecular weight excluding hydrogens is 454 g/mol. The Morgan fingerprint density at radius 3 is 2.54 bits per heavy atom. The van der Waals surface area contributed by atoms with Crippen LogP contribution >= 0.6 is 11.3 Å². The molecule has 4 heterocycles. The van der Waals surface area contributed by atoms with Crippen LogP contribution in [0.5, 0.6) is 0 Å². The Labute approximate surface area is 210 Å². The predicted molar refractivity (Wildman–Crippen MR) is 144 cm³/mol. The molecule has 8 heteroatoms. The molecule has 0 spiro atoms. The topological polar surface area (TPSA) is 79.7 Å². The second kappa shape index (κ2) is 10.3. The lowest BCUT2D eigenvalue weighted by atomic mass is 9.98. The van der Waals surface area contributed by atoms with Crippen LogP contribution in [0.2, 0.25) is 0 Å². The van der Waals surface area contributed by atoms with E-state index in [-0.39, 0.29) is 0 Å². The fraction of sp³-hybridized carbons (Fsp3) is 0.444. The van der Waals surface area contributed by atoms with Gasteiger partial charge in [0, 0.05) is 19.1 Å². The summed E-state index contributed by atoms with van der Waals surface area (Å²) in [5, 5.41) is 14.9. The number of anilines is 2. The van der Waals surface area contributed by atoms with Gasteiger partial charge in [-0.2, -0.15) is 21.3 Å². The number of benzene rings is 1. The van der Waals surface area contributed by atoms with Gasteiger partial charge < -0.3 is 20.5 Å². The van der Waals surface area contributed by atoms with Crippen molar-refractivity contribution in [2.24, 2.45) is 5.92 Å². The highest BCUT2D eigenvalue weighted by Crippen LogP contribution is 2.33. The molecule has 2 aliphatic rings. The molecule has 0 amide bonds. The predicted octanol–water partition coefficient (Wildman–Crippen LogP) is 5.69. The zero-order valence-electron chi connectivity index (χ0n) is 20.0. The van der Waals surface area contributed by atoms with Gasteiger partial charge in [0.2, 0.25) is 5.95 Å². The molecule has 35 heavy (non-hydrogen) atoms. The Morgan fingerprint density at radius 2 is 1.77 bits per heavy atom. The van der Waals surface area contributed by atoms with Crippen LogP contribution < -0.4 is 16.0 Å². The van der Waals surface area contributed by atoms with Gasteiger partial charge in [-0.25, -0.2) is 4.98 Å². The lowest BCUT2D eigenvalue weighted by Crippen LogP contribution is -2.31. The first-order valence-electron chi connectivity index (χ1n) is 12.9. The lowest BCUT2D eigenvalue weighted by Gasteiger charge is -2.23. The number of hydrogen-bond acceptors (Lipinski definition) is 7. The van der Waals surface area contributed by atoms with Crippen LogP contribution in [0.15, 0.2) is 47.4 Å². The van der Waals surface area contributed by atoms with Crippen molar-refractivity contribution in [1.29, 1.82) is 0 Å². The molecular formula is C27H33N7S. The van der Waals surface area contributed by atoms with Crippen molar-refractivity contribution in [3.05, 3.63) is 53.0 Å². The normalized spacial score (nSPS) is 17.3. The second-order valence-electron chi connectivity index (χ2n) is 9.79. The zero-order valence-corrected chi connectivity index (χ0v) is 20.9. The summed E-state index contributed by atoms with van der Waals surface area (Å²) in [6, 6.07) is 11.4. The first-order chi connectivity index (χ1) is 17.3. The molecule has 0 bridgehead atoms. The largest absolute Gasteiger partial charge is 0.364 e. The summed E-state index contributed by atoms with van der Waals surface area (Å²) in [5.41, 5.74) is 5.54. The van der Waals surface area contributed by atoms with Gasteiger partial charge in [-0.05, 0) is 78.2 Å². The molecule has 1 aliphatic carbocycles. The summed E-state index contributed by atoms with van der Waals surface area (Å²) >= 11 is 1.73. The number of imidazole rings is 1. The Kier molecular flexibility index (Phi) is 6.64. The molecule has 1 saturated heterocycles. The molecule has 182 valence electrons. The fourth-order valence-electron chi connectivity index (χ4n) is 5.32. The Hall–Kier alpha value is -2.97. The van der Waals surface area contributed by atoms with E-state index in [1.807, 2.05) is 6.33 Å². The number of thiophene rings is 1. The van der Waals surface area contributed by atoms with Crippen LogP contribution in [0.3, 0.4) is 0 Å². The third-order valence-corrected chi connectivity index (χ3v) is 8.10. The van der Waals surface area contributed by atoms with E-state index >= 15 is 0 Å². The third-order valence-electron chi connectivity index (χ3n) is 7.42. The zero-order chi connectivity index (χ0) is 23.5. The summed E-state index contributed by atoms with van der Waals surface area (Å²) in [6.45, 7) is 3.80. The Bertz CT molecular complexity index is 1240. The number of piperidine rings is 1. The summed E-state index contributed by atoms with van der Waals surface area (Å²) in [4.78, 5) is 14.6. The lowest BCUT2D eigenvalue weighted by molar-refractivity contribution is 0.389. The van der Waals surface area contributed by atoms with Crippen molar-refractivity contribution < 1.29 is 0 Å². The maximum absolute atomic E-state index is 4.94. The maximum atomic E-state index is 4.94. The second-order valence-corrected chi connectivity index (χ2v) is 10.6. The monoisotopic (exact) mass is 487 g/mol. The number of hydrogen-bond donors (Lipinski definition) is 3. The first-order valence-corrected chi connectivity index (χ1v) is 13.8. The van der Waals surface area contributed by atoms with Crippen molar-refractivity contribution in [2.45, 2.75) is 51.1 Å². The summed E-state index contributed by atoms with van der Waals surface area (Å²) in [7, 11) is 0. The van der Waals surface area contributed by atoms with E-state index in [1.165, 1.54) is 55.2 Å². The number of rotatable bonds is 8. The minimum absolute atomic E-state index is 0.490. The standard InChI is InChI=1S/C27H33N7S/c1-2-4-23(3-1)34-18-31-24-25(29-15-19-5-7-21(8-6-19)22-11-14-35-17-22)32-27(33-26(24)34)30-16-20-9-12-28-13-10-20/h5-8,11,14,17-18,20,23,28H,1-4,9-10,12-13,15-16H2,(H2,29,30,32,33). The molecule has 0 radical (unpaired) electrons. The van der Waals surface area contributed by atoms with Crippen LogP contribution in [-0.2, 0) is 6.54 Å². The van der Waals surface area contributed by atoms with Gasteiger partial charge in [0.25, 0.3) is 0 Å². The molecule has 1 aliphatic heterocycles. The van der Waals surface area contributed by atoms with Crippen molar-refractivity contribution in [3.8, 4) is 11.1 Å². The van der Waals surface area contributed by atoms with E-state index in [1.54, 1.807) is 11.3 Å². The highest BCUT2D eigenvalue weighted by atomic mass is 32.1. The van der Waals surface area contributed by atoms with Crippen LogP contribution in [0.4, 0.5) is 11.8 Å². The molecule has 1 aromatic carbocycles. The average Bonchev–Trinajstić information content (AvgIpc) is 3.69. The Morgan fingerprint density at radius 1 is 0.943 bits per heavy atom. The van der Waals surface area contributed by atoms with Gasteiger partial charge in [-0.1, -0.05) is 37.1 Å². The van der Waals surface area contributed by atoms with E-state index in [0.29, 0.717) is 24.5 Å². The smallest absolute Gasteiger partial charge is 0.226 e. The number of nitrogens with one attached hydrogen (secondary N) is 3. The van der Waals surface area contributed by atoms with Gasteiger partial charge in [0.15, 0.2) is 17.0 Å². The van der Waals surface area contributed by atoms with Gasteiger partial charge in [-0.3, -0.25) is 0 Å². The fourth-order valence-corrected chi connectivity index (χ4v) is 5.98. The van der Waals surface area contributed by atoms with Gasteiger partial charge in [-0.15, -0.1) is 0 Å². The van der Waals surface area contributed by atoms with E-state index in [9.17, 15) is 0 Å². The summed E-state index contributed by atoms with van der Waals surface area (Å²) < 4.78 is 2.28. The van der Waals surface area contributed by atoms with E-state index in [2.05, 4.69) is 61.6 Å². The van der Waals surface area contributed by atoms with Gasteiger partial charge in [0.1, 0.15) is 0 Å². The average molecular weight is 488 g/mol. The van der Waals surface area contributed by atoms with Crippen molar-refractivity contribution in [1.82, 2.24) is 24.8 Å². The van der Waals surface area contributed by atoms with E-state index in [0.717, 1.165) is 36.6 Å². The Balaban J connectivity index is 1.23. The highest BCUT2D eigenvalue weighted by Gasteiger charge is 2.22. The van der Waals surface area contributed by atoms with Crippen molar-refractivity contribution in [2.75, 3.05) is 30.3 Å². The van der Waals surface area contributed by atoms with Crippen molar-refractivity contribution >= 4 is 34.3 Å². The van der Waals surface area contributed by atoms with Crippen LogP contribution in [0.25, 0.3) is 22.3 Å². The van der Waals surface area contributed by atoms with Crippen LogP contribution in [0, 0.1) is 5.92 Å². The van der Waals surface area contributed by atoms with E-state index in [4.69, 9.17) is 15.0 Å². The SMILES string of the molecule is c1cc(-c2ccc(CNc3nc(NCC4CCNCC4)nc4c3ncn4C3CCCC3)cc2)cs1. The molecule has 2 fully saturated rings. The summed E-state index contributed by atoms with van der Waals surface area (Å²) in [5.74, 6) is 2.17. The van der Waals surface area contributed by atoms with Gasteiger partial charge >= 0.3 is 0 Å². The molecule has 0 atom stereocenters.